The first-order valence-electron chi connectivity index (χ1n) is 5.59. The summed E-state index contributed by atoms with van der Waals surface area (Å²) in [6.45, 7) is 3.78. The molecule has 2 rings (SSSR count). The van der Waals surface area contributed by atoms with Gasteiger partial charge in [-0.3, -0.25) is 9.67 Å². The minimum absolute atomic E-state index is 0.159. The Labute approximate surface area is 108 Å². The number of aryl methyl sites for hydroxylation is 1. The van der Waals surface area contributed by atoms with Crippen molar-refractivity contribution in [2.75, 3.05) is 5.73 Å². The van der Waals surface area contributed by atoms with Crippen LogP contribution in [0.4, 0.5) is 18.9 Å². The second-order valence-corrected chi connectivity index (χ2v) is 4.35. The van der Waals surface area contributed by atoms with E-state index >= 15 is 0 Å². The molecule has 19 heavy (non-hydrogen) atoms. The Kier molecular flexibility index (Phi) is 3.21. The first kappa shape index (κ1) is 13.4. The van der Waals surface area contributed by atoms with Crippen molar-refractivity contribution in [3.8, 4) is 0 Å². The number of pyridine rings is 1. The van der Waals surface area contributed by atoms with Gasteiger partial charge < -0.3 is 5.73 Å². The van der Waals surface area contributed by atoms with E-state index in [-0.39, 0.29) is 6.54 Å². The Morgan fingerprint density at radius 3 is 2.53 bits per heavy atom. The molecule has 0 unspecified atom stereocenters. The van der Waals surface area contributed by atoms with Crippen molar-refractivity contribution in [1.29, 1.82) is 0 Å². The fourth-order valence-corrected chi connectivity index (χ4v) is 1.70. The molecule has 0 atom stereocenters. The third-order valence-corrected chi connectivity index (χ3v) is 2.95. The summed E-state index contributed by atoms with van der Waals surface area (Å²) in [6, 6.07) is 0. The third kappa shape index (κ3) is 2.69. The maximum Gasteiger partial charge on any atom is 0.419 e. The number of nitrogens with zero attached hydrogens (tertiary/aromatic N) is 3. The Hall–Kier alpha value is -2.05. The Morgan fingerprint density at radius 2 is 1.95 bits per heavy atom. The molecule has 0 aliphatic carbocycles. The van der Waals surface area contributed by atoms with Crippen molar-refractivity contribution in [2.45, 2.75) is 26.6 Å². The molecule has 7 heteroatoms. The number of nitrogens with two attached hydrogens (primary N) is 1. The molecule has 0 aliphatic heterocycles. The topological polar surface area (TPSA) is 56.7 Å². The van der Waals surface area contributed by atoms with Gasteiger partial charge in [-0.05, 0) is 25.0 Å². The van der Waals surface area contributed by atoms with E-state index in [1.807, 2.05) is 6.92 Å². The highest BCUT2D eigenvalue weighted by Crippen LogP contribution is 2.28. The predicted molar refractivity (Wildman–Crippen MR) is 64.5 cm³/mol. The predicted octanol–water partition coefficient (Wildman–Crippen LogP) is 2.54. The van der Waals surface area contributed by atoms with Gasteiger partial charge in [-0.15, -0.1) is 0 Å². The van der Waals surface area contributed by atoms with Gasteiger partial charge in [-0.1, -0.05) is 0 Å². The third-order valence-electron chi connectivity index (χ3n) is 2.95. The van der Waals surface area contributed by atoms with Crippen molar-refractivity contribution in [3.05, 3.63) is 41.0 Å². The number of hydrogen-bond donors (Lipinski definition) is 1. The normalized spacial score (nSPS) is 11.8. The van der Waals surface area contributed by atoms with Crippen molar-refractivity contribution in [2.24, 2.45) is 0 Å². The average Bonchev–Trinajstić information content (AvgIpc) is 2.78. The molecule has 102 valence electrons. The van der Waals surface area contributed by atoms with Gasteiger partial charge in [0.25, 0.3) is 0 Å². The number of anilines is 1. The zero-order valence-corrected chi connectivity index (χ0v) is 10.5. The lowest BCUT2D eigenvalue weighted by molar-refractivity contribution is -0.137. The van der Waals surface area contributed by atoms with Gasteiger partial charge in [0, 0.05) is 18.1 Å². The second kappa shape index (κ2) is 4.56. The number of aromatic nitrogens is 3. The molecule has 0 amide bonds. The van der Waals surface area contributed by atoms with Crippen LogP contribution in [0.15, 0.2) is 18.6 Å². The summed E-state index contributed by atoms with van der Waals surface area (Å²) in [7, 11) is 0. The second-order valence-electron chi connectivity index (χ2n) is 4.35. The highest BCUT2D eigenvalue weighted by molar-refractivity contribution is 5.53. The summed E-state index contributed by atoms with van der Waals surface area (Å²) in [5.41, 5.74) is 7.92. The standard InChI is InChI=1S/C12H13F3N4/c1-7-3-17-10(8(2)11(7)16)6-19-5-9(4-18-19)12(13,14)15/h3-5H,6H2,1-2H3,(H2,16,17). The van der Waals surface area contributed by atoms with Crippen molar-refractivity contribution in [3.63, 3.8) is 0 Å². The molecule has 4 nitrogen and oxygen atoms in total. The van der Waals surface area contributed by atoms with Gasteiger partial charge in [-0.25, -0.2) is 0 Å². The molecule has 0 spiro atoms. The van der Waals surface area contributed by atoms with E-state index in [9.17, 15) is 13.2 Å². The summed E-state index contributed by atoms with van der Waals surface area (Å²) in [4.78, 5) is 4.18. The zero-order chi connectivity index (χ0) is 14.2. The monoisotopic (exact) mass is 270 g/mol. The molecule has 2 aromatic rings. The fourth-order valence-electron chi connectivity index (χ4n) is 1.70. The number of rotatable bonds is 2. The van der Waals surface area contributed by atoms with Crippen LogP contribution in [0.2, 0.25) is 0 Å². The van der Waals surface area contributed by atoms with Gasteiger partial charge in [0.05, 0.1) is 24.0 Å². The average molecular weight is 270 g/mol. The quantitative estimate of drug-likeness (QED) is 0.912. The minimum atomic E-state index is -4.38. The van der Waals surface area contributed by atoms with Crippen molar-refractivity contribution < 1.29 is 13.2 Å². The summed E-state index contributed by atoms with van der Waals surface area (Å²) in [5.74, 6) is 0. The molecule has 0 aliphatic rings. The smallest absolute Gasteiger partial charge is 0.398 e. The van der Waals surface area contributed by atoms with E-state index < -0.39 is 11.7 Å². The highest BCUT2D eigenvalue weighted by Gasteiger charge is 2.32. The highest BCUT2D eigenvalue weighted by atomic mass is 19.4. The van der Waals surface area contributed by atoms with Crippen LogP contribution in [-0.2, 0) is 12.7 Å². The van der Waals surface area contributed by atoms with Gasteiger partial charge in [0.2, 0.25) is 0 Å². The summed E-state index contributed by atoms with van der Waals surface area (Å²) < 4.78 is 38.5. The summed E-state index contributed by atoms with van der Waals surface area (Å²) in [6.07, 6.45) is -1.02. The van der Waals surface area contributed by atoms with Crippen LogP contribution in [0.1, 0.15) is 22.4 Å². The van der Waals surface area contributed by atoms with Crippen LogP contribution in [0.3, 0.4) is 0 Å². The van der Waals surface area contributed by atoms with Crippen molar-refractivity contribution in [1.82, 2.24) is 14.8 Å². The maximum atomic E-state index is 12.4. The lowest BCUT2D eigenvalue weighted by Crippen LogP contribution is -2.08. The van der Waals surface area contributed by atoms with Gasteiger partial charge in [0.15, 0.2) is 0 Å². The first-order valence-corrected chi connectivity index (χ1v) is 5.59. The molecular formula is C12H13F3N4. The van der Waals surface area contributed by atoms with E-state index in [0.717, 1.165) is 23.5 Å². The fraction of sp³-hybridized carbons (Fsp3) is 0.333. The Bertz CT molecular complexity index is 602. The number of halogens is 3. The van der Waals surface area contributed by atoms with Gasteiger partial charge >= 0.3 is 6.18 Å². The van der Waals surface area contributed by atoms with E-state index in [1.54, 1.807) is 13.1 Å². The molecule has 0 bridgehead atoms. The molecule has 0 saturated heterocycles. The molecule has 2 aromatic heterocycles. The summed E-state index contributed by atoms with van der Waals surface area (Å²) in [5, 5.41) is 3.69. The van der Waals surface area contributed by atoms with E-state index in [1.165, 1.54) is 4.68 Å². The Morgan fingerprint density at radius 1 is 1.26 bits per heavy atom. The number of nitrogen functional groups attached to an aromatic ring is 1. The molecule has 0 aromatic carbocycles. The van der Waals surface area contributed by atoms with Crippen LogP contribution >= 0.6 is 0 Å². The lowest BCUT2D eigenvalue weighted by Gasteiger charge is -2.09. The molecule has 2 N–H and O–H groups in total. The van der Waals surface area contributed by atoms with E-state index in [4.69, 9.17) is 5.73 Å². The van der Waals surface area contributed by atoms with Crippen LogP contribution in [0.5, 0.6) is 0 Å². The Balaban J connectivity index is 2.27. The number of alkyl halides is 3. The molecule has 0 fully saturated rings. The number of hydrogen-bond acceptors (Lipinski definition) is 3. The molecular weight excluding hydrogens is 257 g/mol. The molecule has 0 radical (unpaired) electrons. The van der Waals surface area contributed by atoms with Crippen LogP contribution in [0, 0.1) is 13.8 Å². The first-order chi connectivity index (χ1) is 8.79. The largest absolute Gasteiger partial charge is 0.419 e. The van der Waals surface area contributed by atoms with Crippen LogP contribution < -0.4 is 5.73 Å². The minimum Gasteiger partial charge on any atom is -0.398 e. The van der Waals surface area contributed by atoms with Gasteiger partial charge in [-0.2, -0.15) is 18.3 Å². The summed E-state index contributed by atoms with van der Waals surface area (Å²) >= 11 is 0. The molecule has 2 heterocycles. The SMILES string of the molecule is Cc1cnc(Cn2cc(C(F)(F)F)cn2)c(C)c1N. The van der Waals surface area contributed by atoms with E-state index in [2.05, 4.69) is 10.1 Å². The molecule has 0 saturated carbocycles. The van der Waals surface area contributed by atoms with E-state index in [0.29, 0.717) is 11.4 Å². The maximum absolute atomic E-state index is 12.4. The van der Waals surface area contributed by atoms with Gasteiger partial charge in [0.1, 0.15) is 0 Å². The van der Waals surface area contributed by atoms with Crippen LogP contribution in [-0.4, -0.2) is 14.8 Å². The van der Waals surface area contributed by atoms with Crippen molar-refractivity contribution >= 4 is 5.69 Å². The lowest BCUT2D eigenvalue weighted by atomic mass is 10.1. The zero-order valence-electron chi connectivity index (χ0n) is 10.5. The van der Waals surface area contributed by atoms with Crippen LogP contribution in [0.25, 0.3) is 0 Å².